The molecule has 1 amide bonds. The van der Waals surface area contributed by atoms with E-state index in [0.29, 0.717) is 5.56 Å². The van der Waals surface area contributed by atoms with E-state index in [2.05, 4.69) is 10.3 Å². The van der Waals surface area contributed by atoms with Gasteiger partial charge in [0.05, 0.1) is 7.11 Å². The van der Waals surface area contributed by atoms with Crippen LogP contribution in [0.15, 0.2) is 48.7 Å². The van der Waals surface area contributed by atoms with Gasteiger partial charge in [0.1, 0.15) is 5.75 Å². The Bertz CT molecular complexity index is 805. The predicted molar refractivity (Wildman–Crippen MR) is 84.0 cm³/mol. The van der Waals surface area contributed by atoms with Crippen molar-refractivity contribution in [2.45, 2.75) is 6.92 Å². The zero-order valence-electron chi connectivity index (χ0n) is 11.9. The van der Waals surface area contributed by atoms with E-state index in [0.717, 1.165) is 27.9 Å². The van der Waals surface area contributed by atoms with Crippen molar-refractivity contribution in [3.05, 3.63) is 59.8 Å². The molecule has 0 atom stereocenters. The third-order valence-corrected chi connectivity index (χ3v) is 3.47. The lowest BCUT2D eigenvalue weighted by atomic mass is 10.1. The fourth-order valence-corrected chi connectivity index (χ4v) is 2.35. The summed E-state index contributed by atoms with van der Waals surface area (Å²) in [5.41, 5.74) is 3.39. The number of aryl methyl sites for hydroxylation is 1. The fourth-order valence-electron chi connectivity index (χ4n) is 2.35. The second kappa shape index (κ2) is 5.32. The average Bonchev–Trinajstić information content (AvgIpc) is 2.94. The molecule has 106 valence electrons. The summed E-state index contributed by atoms with van der Waals surface area (Å²) >= 11 is 0. The number of fused-ring (bicyclic) bond motifs is 1. The zero-order valence-corrected chi connectivity index (χ0v) is 11.9. The number of carbonyl (C=O) groups excluding carboxylic acids is 1. The van der Waals surface area contributed by atoms with Gasteiger partial charge in [0, 0.05) is 28.4 Å². The van der Waals surface area contributed by atoms with E-state index >= 15 is 0 Å². The molecule has 4 nitrogen and oxygen atoms in total. The summed E-state index contributed by atoms with van der Waals surface area (Å²) in [6.07, 6.45) is 1.86. The van der Waals surface area contributed by atoms with Gasteiger partial charge in [-0.05, 0) is 55.0 Å². The molecule has 0 aliphatic rings. The van der Waals surface area contributed by atoms with Crippen molar-refractivity contribution in [1.29, 1.82) is 0 Å². The highest BCUT2D eigenvalue weighted by atomic mass is 16.5. The van der Waals surface area contributed by atoms with Gasteiger partial charge >= 0.3 is 0 Å². The number of carbonyl (C=O) groups is 1. The molecule has 2 N–H and O–H groups in total. The number of hydrogen-bond acceptors (Lipinski definition) is 2. The number of rotatable bonds is 3. The summed E-state index contributed by atoms with van der Waals surface area (Å²) in [5.74, 6) is 0.685. The Morgan fingerprint density at radius 3 is 2.76 bits per heavy atom. The Morgan fingerprint density at radius 1 is 1.14 bits per heavy atom. The van der Waals surface area contributed by atoms with E-state index in [9.17, 15) is 4.79 Å². The van der Waals surface area contributed by atoms with Crippen LogP contribution in [0.3, 0.4) is 0 Å². The minimum Gasteiger partial charge on any atom is -0.496 e. The molecule has 1 aromatic heterocycles. The highest BCUT2D eigenvalue weighted by Gasteiger charge is 2.08. The van der Waals surface area contributed by atoms with Crippen molar-refractivity contribution in [3.63, 3.8) is 0 Å². The smallest absolute Gasteiger partial charge is 0.255 e. The van der Waals surface area contributed by atoms with Crippen molar-refractivity contribution >= 4 is 22.5 Å². The van der Waals surface area contributed by atoms with Crippen LogP contribution in [0, 0.1) is 6.92 Å². The number of benzene rings is 2. The SMILES string of the molecule is COc1ccc(NC(=O)c2ccc3[nH]ccc3c2)cc1C. The lowest BCUT2D eigenvalue weighted by molar-refractivity contribution is 0.102. The molecule has 1 heterocycles. The van der Waals surface area contributed by atoms with Crippen LogP contribution in [0.25, 0.3) is 10.9 Å². The van der Waals surface area contributed by atoms with Crippen molar-refractivity contribution < 1.29 is 9.53 Å². The molecule has 0 saturated carbocycles. The molecule has 3 aromatic rings. The van der Waals surface area contributed by atoms with Crippen molar-refractivity contribution in [1.82, 2.24) is 4.98 Å². The number of nitrogens with one attached hydrogen (secondary N) is 2. The molecule has 2 aromatic carbocycles. The van der Waals surface area contributed by atoms with Gasteiger partial charge in [0.2, 0.25) is 0 Å². The number of anilines is 1. The maximum atomic E-state index is 12.3. The summed E-state index contributed by atoms with van der Waals surface area (Å²) in [5, 5.41) is 3.92. The molecule has 0 fully saturated rings. The van der Waals surface area contributed by atoms with Gasteiger partial charge in [-0.3, -0.25) is 4.79 Å². The largest absolute Gasteiger partial charge is 0.496 e. The van der Waals surface area contributed by atoms with E-state index < -0.39 is 0 Å². The van der Waals surface area contributed by atoms with Gasteiger partial charge in [-0.15, -0.1) is 0 Å². The number of H-pyrrole nitrogens is 1. The third kappa shape index (κ3) is 2.60. The van der Waals surface area contributed by atoms with Gasteiger partial charge in [0.25, 0.3) is 5.91 Å². The standard InChI is InChI=1S/C17H16N2O2/c1-11-9-14(4-6-16(11)21-2)19-17(20)13-3-5-15-12(10-13)7-8-18-15/h3-10,18H,1-2H3,(H,19,20). The highest BCUT2D eigenvalue weighted by Crippen LogP contribution is 2.22. The predicted octanol–water partition coefficient (Wildman–Crippen LogP) is 3.74. The second-order valence-electron chi connectivity index (χ2n) is 4.92. The highest BCUT2D eigenvalue weighted by molar-refractivity contribution is 6.06. The number of ether oxygens (including phenoxy) is 1. The molecule has 0 bridgehead atoms. The van der Waals surface area contributed by atoms with Crippen LogP contribution < -0.4 is 10.1 Å². The first-order valence-electron chi connectivity index (χ1n) is 6.70. The first-order valence-corrected chi connectivity index (χ1v) is 6.70. The fraction of sp³-hybridized carbons (Fsp3) is 0.118. The van der Waals surface area contributed by atoms with Crippen LogP contribution in [0.5, 0.6) is 5.75 Å². The second-order valence-corrected chi connectivity index (χ2v) is 4.92. The lowest BCUT2D eigenvalue weighted by Crippen LogP contribution is -2.11. The van der Waals surface area contributed by atoms with Crippen molar-refractivity contribution in [2.75, 3.05) is 12.4 Å². The summed E-state index contributed by atoms with van der Waals surface area (Å²) < 4.78 is 5.21. The monoisotopic (exact) mass is 280 g/mol. The topological polar surface area (TPSA) is 54.1 Å². The molecule has 4 heteroatoms. The molecule has 0 aliphatic carbocycles. The number of hydrogen-bond donors (Lipinski definition) is 2. The van der Waals surface area contributed by atoms with Crippen LogP contribution in [0.1, 0.15) is 15.9 Å². The van der Waals surface area contributed by atoms with Crippen LogP contribution >= 0.6 is 0 Å². The summed E-state index contributed by atoms with van der Waals surface area (Å²) in [6.45, 7) is 1.94. The molecule has 0 spiro atoms. The van der Waals surface area contributed by atoms with Gasteiger partial charge in [0.15, 0.2) is 0 Å². The van der Waals surface area contributed by atoms with E-state index in [4.69, 9.17) is 4.74 Å². The maximum Gasteiger partial charge on any atom is 0.255 e. The van der Waals surface area contributed by atoms with E-state index in [1.54, 1.807) is 7.11 Å². The zero-order chi connectivity index (χ0) is 14.8. The van der Waals surface area contributed by atoms with E-state index in [-0.39, 0.29) is 5.91 Å². The Kier molecular flexibility index (Phi) is 3.36. The Morgan fingerprint density at radius 2 is 2.00 bits per heavy atom. The molecule has 3 rings (SSSR count). The normalized spacial score (nSPS) is 10.6. The molecule has 0 unspecified atom stereocenters. The number of methoxy groups -OCH3 is 1. The molecule has 0 aliphatic heterocycles. The van der Waals surface area contributed by atoms with E-state index in [1.807, 2.05) is 55.6 Å². The van der Waals surface area contributed by atoms with Gasteiger partial charge < -0.3 is 15.0 Å². The van der Waals surface area contributed by atoms with Gasteiger partial charge in [-0.2, -0.15) is 0 Å². The van der Waals surface area contributed by atoms with Crippen LogP contribution in [-0.4, -0.2) is 18.0 Å². The summed E-state index contributed by atoms with van der Waals surface area (Å²) in [7, 11) is 1.63. The Balaban J connectivity index is 1.83. The van der Waals surface area contributed by atoms with Gasteiger partial charge in [-0.25, -0.2) is 0 Å². The van der Waals surface area contributed by atoms with Crippen molar-refractivity contribution in [3.8, 4) is 5.75 Å². The minimum absolute atomic E-state index is 0.123. The summed E-state index contributed by atoms with van der Waals surface area (Å²) in [4.78, 5) is 15.4. The van der Waals surface area contributed by atoms with E-state index in [1.165, 1.54) is 0 Å². The quantitative estimate of drug-likeness (QED) is 0.768. The summed E-state index contributed by atoms with van der Waals surface area (Å²) in [6, 6.07) is 13.1. The number of amides is 1. The van der Waals surface area contributed by atoms with Crippen LogP contribution in [0.2, 0.25) is 0 Å². The minimum atomic E-state index is -0.123. The molecule has 21 heavy (non-hydrogen) atoms. The Hall–Kier alpha value is -2.75. The molecular formula is C17H16N2O2. The lowest BCUT2D eigenvalue weighted by Gasteiger charge is -2.09. The Labute approximate surface area is 122 Å². The maximum absolute atomic E-state index is 12.3. The number of aromatic nitrogens is 1. The molecule has 0 saturated heterocycles. The van der Waals surface area contributed by atoms with Gasteiger partial charge in [-0.1, -0.05) is 0 Å². The first kappa shape index (κ1) is 13.2. The molecular weight excluding hydrogens is 264 g/mol. The average molecular weight is 280 g/mol. The number of aromatic amines is 1. The van der Waals surface area contributed by atoms with Crippen molar-refractivity contribution in [2.24, 2.45) is 0 Å². The van der Waals surface area contributed by atoms with Crippen LogP contribution in [0.4, 0.5) is 5.69 Å². The van der Waals surface area contributed by atoms with Crippen LogP contribution in [-0.2, 0) is 0 Å². The third-order valence-electron chi connectivity index (χ3n) is 3.47. The molecule has 0 radical (unpaired) electrons. The first-order chi connectivity index (χ1) is 10.2.